The van der Waals surface area contributed by atoms with Gasteiger partial charge in [0.05, 0.1) is 0 Å². The van der Waals surface area contributed by atoms with Gasteiger partial charge in [-0.25, -0.2) is 0 Å². The Kier molecular flexibility index (Phi) is 5.37. The van der Waals surface area contributed by atoms with Crippen LogP contribution in [0.25, 0.3) is 0 Å². The van der Waals surface area contributed by atoms with Gasteiger partial charge in [0.25, 0.3) is 0 Å². The maximum absolute atomic E-state index is 6.13. The first-order chi connectivity index (χ1) is 7.27. The van der Waals surface area contributed by atoms with Crippen molar-refractivity contribution in [3.05, 3.63) is 35.9 Å². The minimum absolute atomic E-state index is 0.173. The largest absolute Gasteiger partial charge is 0.324 e. The molecule has 1 aromatic carbocycles. The van der Waals surface area contributed by atoms with Crippen molar-refractivity contribution in [2.24, 2.45) is 5.73 Å². The molecule has 2 nitrogen and oxygen atoms in total. The van der Waals surface area contributed by atoms with Crippen LogP contribution in [-0.4, -0.2) is 24.5 Å². The van der Waals surface area contributed by atoms with E-state index >= 15 is 0 Å². The first-order valence-electron chi connectivity index (χ1n) is 5.80. The van der Waals surface area contributed by atoms with Crippen LogP contribution in [0, 0.1) is 0 Å². The lowest BCUT2D eigenvalue weighted by Crippen LogP contribution is -2.27. The Bertz CT molecular complexity index is 254. The van der Waals surface area contributed by atoms with Gasteiger partial charge in [0.15, 0.2) is 0 Å². The number of hydrogen-bond acceptors (Lipinski definition) is 2. The lowest BCUT2D eigenvalue weighted by Gasteiger charge is -2.20. The maximum Gasteiger partial charge on any atom is 0.0307 e. The molecular formula is C13H22N2. The van der Waals surface area contributed by atoms with Crippen molar-refractivity contribution in [1.82, 2.24) is 4.90 Å². The van der Waals surface area contributed by atoms with E-state index in [4.69, 9.17) is 5.73 Å². The van der Waals surface area contributed by atoms with Gasteiger partial charge in [-0.2, -0.15) is 0 Å². The van der Waals surface area contributed by atoms with Gasteiger partial charge in [0.2, 0.25) is 0 Å². The van der Waals surface area contributed by atoms with Crippen molar-refractivity contribution in [3.8, 4) is 0 Å². The number of benzene rings is 1. The van der Waals surface area contributed by atoms with Crippen molar-refractivity contribution in [2.45, 2.75) is 26.3 Å². The highest BCUT2D eigenvalue weighted by Crippen LogP contribution is 2.13. The van der Waals surface area contributed by atoms with Gasteiger partial charge in [0.1, 0.15) is 0 Å². The van der Waals surface area contributed by atoms with Gasteiger partial charge in [-0.1, -0.05) is 44.2 Å². The molecule has 0 fully saturated rings. The Labute approximate surface area is 93.1 Å². The summed E-state index contributed by atoms with van der Waals surface area (Å²) in [6, 6.07) is 10.5. The predicted octanol–water partition coefficient (Wildman–Crippen LogP) is 2.42. The van der Waals surface area contributed by atoms with E-state index in [1.54, 1.807) is 0 Å². The average molecular weight is 206 g/mol. The second-order valence-electron chi connectivity index (χ2n) is 3.83. The summed E-state index contributed by atoms with van der Waals surface area (Å²) in [6.07, 6.45) is 1.03. The minimum Gasteiger partial charge on any atom is -0.324 e. The molecule has 84 valence electrons. The van der Waals surface area contributed by atoms with Gasteiger partial charge in [-0.05, 0) is 31.6 Å². The molecule has 0 amide bonds. The Balaban J connectivity index is 2.39. The molecular weight excluding hydrogens is 184 g/mol. The van der Waals surface area contributed by atoms with E-state index in [1.807, 2.05) is 18.2 Å². The fraction of sp³-hybridized carbons (Fsp3) is 0.538. The van der Waals surface area contributed by atoms with Crippen molar-refractivity contribution in [1.29, 1.82) is 0 Å². The van der Waals surface area contributed by atoms with Gasteiger partial charge >= 0.3 is 0 Å². The normalized spacial score (nSPS) is 13.1. The van der Waals surface area contributed by atoms with Crippen LogP contribution in [0.2, 0.25) is 0 Å². The lowest BCUT2D eigenvalue weighted by atomic mass is 10.0. The van der Waals surface area contributed by atoms with E-state index in [9.17, 15) is 0 Å². The monoisotopic (exact) mass is 206 g/mol. The molecule has 0 saturated heterocycles. The molecule has 2 N–H and O–H groups in total. The molecule has 0 unspecified atom stereocenters. The third kappa shape index (κ3) is 4.02. The van der Waals surface area contributed by atoms with Crippen molar-refractivity contribution in [2.75, 3.05) is 19.6 Å². The Morgan fingerprint density at radius 3 is 2.27 bits per heavy atom. The van der Waals surface area contributed by atoms with Crippen LogP contribution in [0.3, 0.4) is 0 Å². The second kappa shape index (κ2) is 6.59. The zero-order valence-corrected chi connectivity index (χ0v) is 9.82. The van der Waals surface area contributed by atoms with E-state index in [0.29, 0.717) is 0 Å². The highest BCUT2D eigenvalue weighted by Gasteiger charge is 2.06. The fourth-order valence-corrected chi connectivity index (χ4v) is 1.73. The van der Waals surface area contributed by atoms with E-state index in [1.165, 1.54) is 5.56 Å². The Morgan fingerprint density at radius 2 is 1.73 bits per heavy atom. The molecule has 0 radical (unpaired) electrons. The van der Waals surface area contributed by atoms with E-state index in [2.05, 4.69) is 30.9 Å². The molecule has 0 saturated carbocycles. The van der Waals surface area contributed by atoms with Gasteiger partial charge in [0, 0.05) is 6.04 Å². The van der Waals surface area contributed by atoms with Crippen molar-refractivity contribution < 1.29 is 0 Å². The van der Waals surface area contributed by atoms with Crippen molar-refractivity contribution >= 4 is 0 Å². The van der Waals surface area contributed by atoms with Gasteiger partial charge in [-0.3, -0.25) is 0 Å². The smallest absolute Gasteiger partial charge is 0.0307 e. The van der Waals surface area contributed by atoms with Gasteiger partial charge in [-0.15, -0.1) is 0 Å². The molecule has 1 rings (SSSR count). The third-order valence-electron chi connectivity index (χ3n) is 2.88. The Morgan fingerprint density at radius 1 is 1.13 bits per heavy atom. The molecule has 0 aromatic heterocycles. The standard InChI is InChI=1S/C13H22N2/c1-3-15(4-2)11-10-13(14)12-8-6-5-7-9-12/h5-9,13H,3-4,10-11,14H2,1-2H3/t13-/m0/s1. The summed E-state index contributed by atoms with van der Waals surface area (Å²) in [5, 5.41) is 0. The zero-order valence-electron chi connectivity index (χ0n) is 9.82. The summed E-state index contributed by atoms with van der Waals surface area (Å²) in [4.78, 5) is 2.41. The molecule has 0 spiro atoms. The Hall–Kier alpha value is -0.860. The summed E-state index contributed by atoms with van der Waals surface area (Å²) >= 11 is 0. The molecule has 0 aliphatic heterocycles. The minimum atomic E-state index is 0.173. The summed E-state index contributed by atoms with van der Waals surface area (Å²) in [7, 11) is 0. The van der Waals surface area contributed by atoms with Crippen LogP contribution in [0.5, 0.6) is 0 Å². The topological polar surface area (TPSA) is 29.3 Å². The molecule has 0 bridgehead atoms. The SMILES string of the molecule is CCN(CC)CC[C@H](N)c1ccccc1. The van der Waals surface area contributed by atoms with Crippen LogP contribution < -0.4 is 5.73 Å². The quantitative estimate of drug-likeness (QED) is 0.774. The van der Waals surface area contributed by atoms with Crippen LogP contribution in [0.1, 0.15) is 31.9 Å². The molecule has 0 aliphatic rings. The van der Waals surface area contributed by atoms with Crippen LogP contribution in [-0.2, 0) is 0 Å². The van der Waals surface area contributed by atoms with Crippen molar-refractivity contribution in [3.63, 3.8) is 0 Å². The fourth-order valence-electron chi connectivity index (χ4n) is 1.73. The molecule has 1 aromatic rings. The highest BCUT2D eigenvalue weighted by atomic mass is 15.1. The first-order valence-corrected chi connectivity index (χ1v) is 5.80. The van der Waals surface area contributed by atoms with Crippen LogP contribution >= 0.6 is 0 Å². The summed E-state index contributed by atoms with van der Waals surface area (Å²) < 4.78 is 0. The van der Waals surface area contributed by atoms with Crippen LogP contribution in [0.15, 0.2) is 30.3 Å². The molecule has 0 heterocycles. The molecule has 1 atom stereocenters. The number of nitrogens with two attached hydrogens (primary N) is 1. The summed E-state index contributed by atoms with van der Waals surface area (Å²) in [5.74, 6) is 0. The lowest BCUT2D eigenvalue weighted by molar-refractivity contribution is 0.291. The number of rotatable bonds is 6. The predicted molar refractivity (Wildman–Crippen MR) is 65.8 cm³/mol. The third-order valence-corrected chi connectivity index (χ3v) is 2.88. The van der Waals surface area contributed by atoms with Crippen LogP contribution in [0.4, 0.5) is 0 Å². The number of nitrogens with zero attached hydrogens (tertiary/aromatic N) is 1. The maximum atomic E-state index is 6.13. The zero-order chi connectivity index (χ0) is 11.1. The molecule has 2 heteroatoms. The average Bonchev–Trinajstić information content (AvgIpc) is 2.31. The first kappa shape index (κ1) is 12.2. The second-order valence-corrected chi connectivity index (χ2v) is 3.83. The highest BCUT2D eigenvalue weighted by molar-refractivity contribution is 5.18. The summed E-state index contributed by atoms with van der Waals surface area (Å²) in [5.41, 5.74) is 7.37. The summed E-state index contributed by atoms with van der Waals surface area (Å²) in [6.45, 7) is 7.69. The number of hydrogen-bond donors (Lipinski definition) is 1. The van der Waals surface area contributed by atoms with E-state index in [0.717, 1.165) is 26.1 Å². The van der Waals surface area contributed by atoms with Gasteiger partial charge < -0.3 is 10.6 Å². The van der Waals surface area contributed by atoms with E-state index in [-0.39, 0.29) is 6.04 Å². The van der Waals surface area contributed by atoms with E-state index < -0.39 is 0 Å². The molecule has 15 heavy (non-hydrogen) atoms. The molecule has 0 aliphatic carbocycles.